The van der Waals surface area contributed by atoms with Crippen LogP contribution >= 0.6 is 0 Å². The number of benzene rings is 7. The Hall–Kier alpha value is -6.07. The monoisotopic (exact) mass is 1030 g/mol. The number of hydrogen-bond donors (Lipinski definition) is 0. The summed E-state index contributed by atoms with van der Waals surface area (Å²) in [5.41, 5.74) is 16.2. The molecule has 0 saturated heterocycles. The van der Waals surface area contributed by atoms with Crippen molar-refractivity contribution < 1.29 is 25.9 Å². The maximum atomic E-state index is 8.49. The van der Waals surface area contributed by atoms with Crippen molar-refractivity contribution in [3.63, 3.8) is 0 Å². The summed E-state index contributed by atoms with van der Waals surface area (Å²) in [6.45, 7) is 21.8. The molecule has 5 nitrogen and oxygen atoms in total. The van der Waals surface area contributed by atoms with E-state index in [0.29, 0.717) is 23.7 Å². The van der Waals surface area contributed by atoms with Crippen molar-refractivity contribution in [3.05, 3.63) is 179 Å². The van der Waals surface area contributed by atoms with Gasteiger partial charge in [-0.05, 0) is 87.7 Å². The number of furan rings is 1. The van der Waals surface area contributed by atoms with Crippen LogP contribution in [0.2, 0.25) is 0 Å². The summed E-state index contributed by atoms with van der Waals surface area (Å²) in [5.74, 6) is 2.61. The van der Waals surface area contributed by atoms with E-state index >= 15 is 0 Å². The van der Waals surface area contributed by atoms with E-state index in [1.165, 1.54) is 33.6 Å². The van der Waals surface area contributed by atoms with Crippen molar-refractivity contribution in [1.29, 1.82) is 0 Å². The first-order valence-electron chi connectivity index (χ1n) is 23.3. The van der Waals surface area contributed by atoms with Gasteiger partial charge in [0.15, 0.2) is 0 Å². The van der Waals surface area contributed by atoms with Gasteiger partial charge < -0.3 is 13.6 Å². The van der Waals surface area contributed by atoms with Crippen LogP contribution in [-0.4, -0.2) is 19.1 Å². The van der Waals surface area contributed by atoms with Gasteiger partial charge in [0.2, 0.25) is 0 Å². The molecule has 0 fully saturated rings. The third kappa shape index (κ3) is 8.39. The van der Waals surface area contributed by atoms with Crippen LogP contribution in [0.15, 0.2) is 144 Å². The molecule has 0 aliphatic carbocycles. The Morgan fingerprint density at radius 1 is 0.508 bits per heavy atom. The molecule has 0 unspecified atom stereocenters. The first-order valence-corrected chi connectivity index (χ1v) is 22.8. The van der Waals surface area contributed by atoms with Crippen molar-refractivity contribution in [3.8, 4) is 34.2 Å². The molecule has 3 aromatic heterocycles. The number of rotatable bonds is 9. The second-order valence-electron chi connectivity index (χ2n) is 18.4. The van der Waals surface area contributed by atoms with Crippen LogP contribution in [0, 0.1) is 12.1 Å². The summed E-state index contributed by atoms with van der Waals surface area (Å²) < 4.78 is 19.7. The minimum atomic E-state index is -0.704. The van der Waals surface area contributed by atoms with E-state index in [9.17, 15) is 0 Å². The van der Waals surface area contributed by atoms with Gasteiger partial charge in [0, 0.05) is 38.2 Å². The molecule has 1 radical (unpaired) electrons. The molecule has 6 heteroatoms. The van der Waals surface area contributed by atoms with Gasteiger partial charge in [0.25, 0.3) is 0 Å². The van der Waals surface area contributed by atoms with Crippen LogP contribution in [0.1, 0.15) is 128 Å². The molecule has 10 aromatic rings. The number of nitrogens with zero attached hydrogens (tertiary/aromatic N) is 4. The molecular formula is C59H58IrN4O-2. The zero-order valence-corrected chi connectivity index (χ0v) is 41.5. The van der Waals surface area contributed by atoms with Gasteiger partial charge in [0.05, 0.1) is 39.3 Å². The van der Waals surface area contributed by atoms with Gasteiger partial charge in [-0.3, -0.25) is 9.97 Å². The van der Waals surface area contributed by atoms with E-state index in [0.717, 1.165) is 72.3 Å². The van der Waals surface area contributed by atoms with Crippen LogP contribution < -0.4 is 0 Å². The molecule has 0 N–H and O–H groups in total. The fourth-order valence-corrected chi connectivity index (χ4v) is 9.14. The average molecular weight is 1030 g/mol. The molecule has 10 rings (SSSR count). The van der Waals surface area contributed by atoms with Crippen molar-refractivity contribution in [2.75, 3.05) is 0 Å². The fraction of sp³-hybridized carbons (Fsp3) is 0.254. The zero-order valence-electron chi connectivity index (χ0n) is 40.1. The molecule has 0 aliphatic heterocycles. The molecule has 7 aromatic carbocycles. The summed E-state index contributed by atoms with van der Waals surface area (Å²) in [6.07, 6.45) is 0. The van der Waals surface area contributed by atoms with Crippen LogP contribution in [0.25, 0.3) is 78.2 Å². The van der Waals surface area contributed by atoms with Gasteiger partial charge >= 0.3 is 0 Å². The minimum absolute atomic E-state index is 0. The second-order valence-corrected chi connectivity index (χ2v) is 18.4. The van der Waals surface area contributed by atoms with Crippen molar-refractivity contribution >= 4 is 44.0 Å². The summed E-state index contributed by atoms with van der Waals surface area (Å²) in [5, 5.41) is 2.07. The maximum Gasteiger partial charge on any atom is 0.121 e. The van der Waals surface area contributed by atoms with E-state index < -0.39 is 5.89 Å². The average Bonchev–Trinajstić information content (AvgIpc) is 4.00. The molecule has 0 saturated carbocycles. The van der Waals surface area contributed by atoms with Crippen molar-refractivity contribution in [1.82, 2.24) is 19.1 Å². The Morgan fingerprint density at radius 3 is 1.52 bits per heavy atom. The molecule has 0 amide bonds. The Kier molecular flexibility index (Phi) is 12.8. The molecule has 0 spiro atoms. The van der Waals surface area contributed by atoms with Gasteiger partial charge in [-0.15, -0.1) is 54.1 Å². The summed E-state index contributed by atoms with van der Waals surface area (Å²) in [4.78, 5) is 10.2. The number of aromatic nitrogens is 4. The topological polar surface area (TPSA) is 48.8 Å². The number of hydrogen-bond acceptors (Lipinski definition) is 3. The van der Waals surface area contributed by atoms with E-state index in [4.69, 9.17) is 15.8 Å². The first kappa shape index (κ1) is 44.1. The second kappa shape index (κ2) is 18.8. The summed E-state index contributed by atoms with van der Waals surface area (Å²) >= 11 is 0. The number of fused-ring (bicyclic) bond motifs is 5. The fourth-order valence-electron chi connectivity index (χ4n) is 9.14. The van der Waals surface area contributed by atoms with Gasteiger partial charge in [-0.2, -0.15) is 0 Å². The molecule has 331 valence electrons. The Labute approximate surface area is 399 Å². The van der Waals surface area contributed by atoms with E-state index in [1.54, 1.807) is 0 Å². The quantitative estimate of drug-likeness (QED) is 0.135. The minimum Gasteiger partial charge on any atom is -0.501 e. The third-order valence-electron chi connectivity index (χ3n) is 12.4. The normalized spacial score (nSPS) is 12.2. The SMILES string of the molecule is CC(C)c1cccc(C(C)C)c1-n1c(-c2[c-]cccc2)nc2ccccc21.[2H]C(C)(C)c1ccc2c(c1)oc1c(-c3nc4ccccc4n3-c3c(C(C)C)cccc3C(C)C)[c-]ccc12.[Ir]. The third-order valence-corrected chi connectivity index (χ3v) is 12.4. The van der Waals surface area contributed by atoms with E-state index in [-0.39, 0.29) is 20.1 Å². The Balaban J connectivity index is 0.000000187. The number of para-hydroxylation sites is 6. The summed E-state index contributed by atoms with van der Waals surface area (Å²) in [6, 6.07) is 55.1. The zero-order chi connectivity index (χ0) is 45.7. The Morgan fingerprint density at radius 2 is 1.02 bits per heavy atom. The molecule has 65 heavy (non-hydrogen) atoms. The molecule has 0 bridgehead atoms. The molecule has 0 aliphatic rings. The number of imidazole rings is 2. The molecular weight excluding hydrogens is 973 g/mol. The van der Waals surface area contributed by atoms with Gasteiger partial charge in [0.1, 0.15) is 5.58 Å². The smallest absolute Gasteiger partial charge is 0.121 e. The largest absolute Gasteiger partial charge is 0.501 e. The van der Waals surface area contributed by atoms with Gasteiger partial charge in [-0.1, -0.05) is 153 Å². The van der Waals surface area contributed by atoms with Crippen molar-refractivity contribution in [2.24, 2.45) is 0 Å². The molecule has 0 atom stereocenters. The van der Waals surface area contributed by atoms with Gasteiger partial charge in [-0.25, -0.2) is 0 Å². The molecule has 3 heterocycles. The first-order chi connectivity index (χ1) is 31.2. The van der Waals surface area contributed by atoms with Crippen LogP contribution in [0.3, 0.4) is 0 Å². The summed E-state index contributed by atoms with van der Waals surface area (Å²) in [7, 11) is 0. The van der Waals surface area contributed by atoms with Crippen LogP contribution in [-0.2, 0) is 20.1 Å². The van der Waals surface area contributed by atoms with Crippen LogP contribution in [0.5, 0.6) is 0 Å². The predicted molar refractivity (Wildman–Crippen MR) is 268 cm³/mol. The van der Waals surface area contributed by atoms with E-state index in [2.05, 4.69) is 174 Å². The predicted octanol–water partition coefficient (Wildman–Crippen LogP) is 16.5. The maximum absolute atomic E-state index is 8.49. The van der Waals surface area contributed by atoms with E-state index in [1.807, 2.05) is 56.3 Å². The van der Waals surface area contributed by atoms with Crippen molar-refractivity contribution in [2.45, 2.75) is 98.8 Å². The Bertz CT molecular complexity index is 3280. The van der Waals surface area contributed by atoms with Crippen LogP contribution in [0.4, 0.5) is 0 Å². The standard InChI is InChI=1S/C34H33N2O.C25H25N2.Ir/c1-20(2)23-17-18-26-27-13-10-14-28(33(27)37-31(26)19-23)34-35-29-15-7-8-16-30(29)36(34)32-24(21(3)4)11-9-12-25(32)22(5)6;1-17(2)20-13-10-14-21(18(3)4)24(20)27-23-16-9-8-15-22(23)26-25(27)19-11-6-5-7-12-19;/h7-13,15-22H,1-6H3;5-11,13-18H,1-4H3;/q2*-1;/i20D;;.